The Labute approximate surface area is 168 Å². The smallest absolute Gasteiger partial charge is 0.206 e. The highest BCUT2D eigenvalue weighted by atomic mass is 32.2. The first-order valence-electron chi connectivity index (χ1n) is 9.11. The average Bonchev–Trinajstić information content (AvgIpc) is 2.78. The fourth-order valence-electron chi connectivity index (χ4n) is 3.29. The highest BCUT2D eigenvalue weighted by molar-refractivity contribution is 7.91. The van der Waals surface area contributed by atoms with Gasteiger partial charge in [-0.15, -0.1) is 0 Å². The van der Waals surface area contributed by atoms with E-state index in [-0.39, 0.29) is 9.79 Å². The number of rotatable bonds is 3. The lowest BCUT2D eigenvalue weighted by atomic mass is 10.0. The van der Waals surface area contributed by atoms with Crippen molar-refractivity contribution in [2.75, 3.05) is 0 Å². The maximum Gasteiger partial charge on any atom is 0.206 e. The molecule has 0 fully saturated rings. The summed E-state index contributed by atoms with van der Waals surface area (Å²) >= 11 is 0. The van der Waals surface area contributed by atoms with Crippen LogP contribution < -0.4 is 9.47 Å². The summed E-state index contributed by atoms with van der Waals surface area (Å²) in [7, 11) is -3.58. The van der Waals surface area contributed by atoms with Gasteiger partial charge in [-0.3, -0.25) is 0 Å². The molecule has 0 saturated heterocycles. The second kappa shape index (κ2) is 6.79. The van der Waals surface area contributed by atoms with Crippen LogP contribution in [0.3, 0.4) is 0 Å². The summed E-state index contributed by atoms with van der Waals surface area (Å²) in [5.74, 6) is 2.54. The van der Waals surface area contributed by atoms with Crippen LogP contribution in [0.25, 0.3) is 11.1 Å². The summed E-state index contributed by atoms with van der Waals surface area (Å²) in [6.07, 6.45) is 0. The Balaban J connectivity index is 1.53. The predicted octanol–water partition coefficient (Wildman–Crippen LogP) is 6.08. The Morgan fingerprint density at radius 3 is 1.83 bits per heavy atom. The van der Waals surface area contributed by atoms with Crippen molar-refractivity contribution in [3.63, 3.8) is 0 Å². The molecule has 0 aliphatic carbocycles. The summed E-state index contributed by atoms with van der Waals surface area (Å²) < 4.78 is 37.7. The van der Waals surface area contributed by atoms with Crippen molar-refractivity contribution >= 4 is 9.84 Å². The van der Waals surface area contributed by atoms with Crippen LogP contribution in [0.1, 0.15) is 0 Å². The fourth-order valence-corrected chi connectivity index (χ4v) is 4.61. The van der Waals surface area contributed by atoms with Gasteiger partial charge in [0.2, 0.25) is 9.84 Å². The van der Waals surface area contributed by atoms with Crippen LogP contribution in [0, 0.1) is 0 Å². The number of sulfone groups is 1. The van der Waals surface area contributed by atoms with Crippen molar-refractivity contribution < 1.29 is 17.9 Å². The molecule has 0 N–H and O–H groups in total. The Bertz CT molecular complexity index is 1310. The molecule has 0 bridgehead atoms. The van der Waals surface area contributed by atoms with E-state index < -0.39 is 9.84 Å². The molecule has 0 unspecified atom stereocenters. The van der Waals surface area contributed by atoms with Gasteiger partial charge in [-0.05, 0) is 59.7 Å². The van der Waals surface area contributed by atoms with Crippen LogP contribution in [0.2, 0.25) is 0 Å². The van der Waals surface area contributed by atoms with Gasteiger partial charge in [0.05, 0.1) is 9.79 Å². The van der Waals surface area contributed by atoms with E-state index in [1.807, 2.05) is 48.5 Å². The zero-order valence-electron chi connectivity index (χ0n) is 15.3. The lowest BCUT2D eigenvalue weighted by Crippen LogP contribution is -2.02. The summed E-state index contributed by atoms with van der Waals surface area (Å²) in [6.45, 7) is 0. The van der Waals surface area contributed by atoms with Crippen molar-refractivity contribution in [3.8, 4) is 34.1 Å². The molecule has 0 aromatic heterocycles. The maximum absolute atomic E-state index is 12.9. The number of para-hydroxylation sites is 2. The maximum atomic E-state index is 12.9. The van der Waals surface area contributed by atoms with E-state index >= 15 is 0 Å². The summed E-state index contributed by atoms with van der Waals surface area (Å²) in [5, 5.41) is 0. The van der Waals surface area contributed by atoms with E-state index in [0.29, 0.717) is 23.0 Å². The van der Waals surface area contributed by atoms with Crippen LogP contribution in [0.4, 0.5) is 0 Å². The minimum Gasteiger partial charge on any atom is -0.450 e. The van der Waals surface area contributed by atoms with Crippen LogP contribution in [0.15, 0.2) is 107 Å². The standard InChI is InChI=1S/C24H16O4S/c25-29(26,19-8-2-1-3-9-19)20-10-6-7-17(15-20)18-13-14-23-24(16-18)28-22-12-5-4-11-21(22)27-23/h1-16H. The highest BCUT2D eigenvalue weighted by Gasteiger charge is 2.20. The third kappa shape index (κ3) is 3.15. The van der Waals surface area contributed by atoms with Crippen LogP contribution in [0.5, 0.6) is 23.0 Å². The molecule has 4 aromatic rings. The van der Waals surface area contributed by atoms with E-state index in [2.05, 4.69) is 0 Å². The van der Waals surface area contributed by atoms with Crippen molar-refractivity contribution in [1.82, 2.24) is 0 Å². The second-order valence-corrected chi connectivity index (χ2v) is 8.61. The van der Waals surface area contributed by atoms with Crippen molar-refractivity contribution in [2.24, 2.45) is 0 Å². The number of ether oxygens (including phenoxy) is 2. The van der Waals surface area contributed by atoms with Crippen LogP contribution >= 0.6 is 0 Å². The zero-order chi connectivity index (χ0) is 19.8. The van der Waals surface area contributed by atoms with Gasteiger partial charge in [0.25, 0.3) is 0 Å². The van der Waals surface area contributed by atoms with Gasteiger partial charge < -0.3 is 9.47 Å². The van der Waals surface area contributed by atoms with Crippen LogP contribution in [-0.4, -0.2) is 8.42 Å². The molecule has 4 nitrogen and oxygen atoms in total. The van der Waals surface area contributed by atoms with Crippen molar-refractivity contribution in [2.45, 2.75) is 9.79 Å². The molecule has 0 amide bonds. The average molecular weight is 400 g/mol. The van der Waals surface area contributed by atoms with Gasteiger partial charge in [-0.1, -0.05) is 48.5 Å². The summed E-state index contributed by atoms with van der Waals surface area (Å²) in [5.41, 5.74) is 1.63. The molecule has 0 radical (unpaired) electrons. The number of fused-ring (bicyclic) bond motifs is 2. The molecule has 1 heterocycles. The van der Waals surface area contributed by atoms with E-state index in [1.165, 1.54) is 0 Å². The molecule has 1 aliphatic rings. The summed E-state index contributed by atoms with van der Waals surface area (Å²) in [6, 6.07) is 28.4. The van der Waals surface area contributed by atoms with Crippen LogP contribution in [-0.2, 0) is 9.84 Å². The molecule has 0 atom stereocenters. The lowest BCUT2D eigenvalue weighted by molar-refractivity contribution is 0.360. The van der Waals surface area contributed by atoms with E-state index in [4.69, 9.17) is 9.47 Å². The fraction of sp³-hybridized carbons (Fsp3) is 0. The number of benzene rings is 4. The van der Waals surface area contributed by atoms with Gasteiger partial charge in [0, 0.05) is 0 Å². The zero-order valence-corrected chi connectivity index (χ0v) is 16.1. The first-order chi connectivity index (χ1) is 14.1. The molecule has 142 valence electrons. The largest absolute Gasteiger partial charge is 0.450 e. The van der Waals surface area contributed by atoms with E-state index in [1.54, 1.807) is 48.5 Å². The Hall–Kier alpha value is -3.57. The SMILES string of the molecule is O=S(=O)(c1ccccc1)c1cccc(-c2ccc3c(c2)Oc2ccccc2O3)c1. The van der Waals surface area contributed by atoms with Gasteiger partial charge in [0.1, 0.15) is 0 Å². The molecule has 0 saturated carbocycles. The van der Waals surface area contributed by atoms with E-state index in [9.17, 15) is 8.42 Å². The summed E-state index contributed by atoms with van der Waals surface area (Å²) in [4.78, 5) is 0.525. The Morgan fingerprint density at radius 1 is 0.483 bits per heavy atom. The minimum atomic E-state index is -3.58. The van der Waals surface area contributed by atoms with E-state index in [0.717, 1.165) is 11.1 Å². The Morgan fingerprint density at radius 2 is 1.07 bits per heavy atom. The predicted molar refractivity (Wildman–Crippen MR) is 110 cm³/mol. The minimum absolute atomic E-state index is 0.251. The third-order valence-electron chi connectivity index (χ3n) is 4.76. The van der Waals surface area contributed by atoms with Crippen molar-refractivity contribution in [3.05, 3.63) is 97.1 Å². The van der Waals surface area contributed by atoms with Crippen molar-refractivity contribution in [1.29, 1.82) is 0 Å². The highest BCUT2D eigenvalue weighted by Crippen LogP contribution is 2.46. The first-order valence-corrected chi connectivity index (χ1v) is 10.6. The molecule has 29 heavy (non-hydrogen) atoms. The normalized spacial score (nSPS) is 12.3. The van der Waals surface area contributed by atoms with Gasteiger partial charge >= 0.3 is 0 Å². The molecule has 4 aromatic carbocycles. The molecular weight excluding hydrogens is 384 g/mol. The number of hydrogen-bond acceptors (Lipinski definition) is 4. The monoisotopic (exact) mass is 400 g/mol. The first kappa shape index (κ1) is 17.5. The molecular formula is C24H16O4S. The third-order valence-corrected chi connectivity index (χ3v) is 6.53. The Kier molecular flexibility index (Phi) is 4.11. The van der Waals surface area contributed by atoms with Gasteiger partial charge in [-0.2, -0.15) is 0 Å². The second-order valence-electron chi connectivity index (χ2n) is 6.66. The topological polar surface area (TPSA) is 52.6 Å². The van der Waals surface area contributed by atoms with Gasteiger partial charge in [0.15, 0.2) is 23.0 Å². The number of hydrogen-bond donors (Lipinski definition) is 0. The molecule has 1 aliphatic heterocycles. The molecule has 5 rings (SSSR count). The van der Waals surface area contributed by atoms with Gasteiger partial charge in [-0.25, -0.2) is 8.42 Å². The lowest BCUT2D eigenvalue weighted by Gasteiger charge is -2.21. The molecule has 0 spiro atoms. The quantitative estimate of drug-likeness (QED) is 0.368. The molecule has 5 heteroatoms.